The highest BCUT2D eigenvalue weighted by molar-refractivity contribution is 7.92. The van der Waals surface area contributed by atoms with Crippen molar-refractivity contribution in [2.75, 3.05) is 17.1 Å². The summed E-state index contributed by atoms with van der Waals surface area (Å²) in [5, 5.41) is 2.81. The molecule has 2 aromatic carbocycles. The lowest BCUT2D eigenvalue weighted by molar-refractivity contribution is -0.120. The highest BCUT2D eigenvalue weighted by Gasteiger charge is 2.24. The molecule has 2 rings (SSSR count). The number of carbonyl (C=O) groups is 1. The largest absolute Gasteiger partial charge is 0.348 e. The summed E-state index contributed by atoms with van der Waals surface area (Å²) >= 11 is 0. The normalized spacial score (nSPS) is 12.4. The lowest BCUT2D eigenvalue weighted by Crippen LogP contribution is -2.41. The number of halogens is 1. The van der Waals surface area contributed by atoms with Crippen molar-refractivity contribution in [3.05, 3.63) is 66.0 Å². The average molecular weight is 364 g/mol. The molecular formula is C18H21FN2O3S. The molecule has 0 fully saturated rings. The molecule has 0 spiro atoms. The summed E-state index contributed by atoms with van der Waals surface area (Å²) in [6.07, 6.45) is 1.59. The zero-order valence-corrected chi connectivity index (χ0v) is 15.0. The summed E-state index contributed by atoms with van der Waals surface area (Å²) in [6, 6.07) is 14.6. The minimum absolute atomic E-state index is 0.145. The van der Waals surface area contributed by atoms with E-state index in [1.54, 1.807) is 0 Å². The van der Waals surface area contributed by atoms with Crippen LogP contribution in [0.15, 0.2) is 54.6 Å². The van der Waals surface area contributed by atoms with E-state index in [4.69, 9.17) is 0 Å². The van der Waals surface area contributed by atoms with Crippen molar-refractivity contribution in [2.45, 2.75) is 19.4 Å². The fraction of sp³-hybridized carbons (Fsp3) is 0.278. The van der Waals surface area contributed by atoms with Crippen LogP contribution in [0.3, 0.4) is 0 Å². The summed E-state index contributed by atoms with van der Waals surface area (Å²) in [5.74, 6) is -1.19. The molecule has 5 nitrogen and oxygen atoms in total. The van der Waals surface area contributed by atoms with Gasteiger partial charge in [0, 0.05) is 0 Å². The van der Waals surface area contributed by atoms with Gasteiger partial charge in [-0.2, -0.15) is 0 Å². The number of hydrogen-bond donors (Lipinski definition) is 1. The minimum atomic E-state index is -3.81. The third-order valence-corrected chi connectivity index (χ3v) is 4.88. The van der Waals surface area contributed by atoms with Gasteiger partial charge in [-0.3, -0.25) is 9.10 Å². The molecule has 0 radical (unpaired) electrons. The molecule has 25 heavy (non-hydrogen) atoms. The van der Waals surface area contributed by atoms with Gasteiger partial charge in [-0.25, -0.2) is 12.8 Å². The minimum Gasteiger partial charge on any atom is -0.348 e. The van der Waals surface area contributed by atoms with Gasteiger partial charge < -0.3 is 5.32 Å². The van der Waals surface area contributed by atoms with E-state index in [9.17, 15) is 17.6 Å². The Morgan fingerprint density at radius 2 is 1.72 bits per heavy atom. The van der Waals surface area contributed by atoms with Gasteiger partial charge >= 0.3 is 0 Å². The van der Waals surface area contributed by atoms with Crippen molar-refractivity contribution < 1.29 is 17.6 Å². The number of benzene rings is 2. The van der Waals surface area contributed by atoms with Gasteiger partial charge in [0.25, 0.3) is 0 Å². The first-order valence-corrected chi connectivity index (χ1v) is 9.74. The average Bonchev–Trinajstić information content (AvgIpc) is 2.58. The third-order valence-electron chi connectivity index (χ3n) is 3.75. The summed E-state index contributed by atoms with van der Waals surface area (Å²) in [7, 11) is -3.81. The van der Waals surface area contributed by atoms with Crippen LogP contribution in [-0.4, -0.2) is 27.1 Å². The molecule has 134 valence electrons. The number of nitrogens with zero attached hydrogens (tertiary/aromatic N) is 1. The van der Waals surface area contributed by atoms with Crippen LogP contribution in [0.1, 0.15) is 24.9 Å². The van der Waals surface area contributed by atoms with Gasteiger partial charge in [0.2, 0.25) is 15.9 Å². The first-order valence-electron chi connectivity index (χ1n) is 7.89. The zero-order valence-electron chi connectivity index (χ0n) is 14.1. The summed E-state index contributed by atoms with van der Waals surface area (Å²) in [4.78, 5) is 12.4. The second-order valence-electron chi connectivity index (χ2n) is 5.66. The van der Waals surface area contributed by atoms with Crippen LogP contribution >= 0.6 is 0 Å². The van der Waals surface area contributed by atoms with E-state index in [-0.39, 0.29) is 11.7 Å². The summed E-state index contributed by atoms with van der Waals surface area (Å²) in [5.41, 5.74) is 0.781. The van der Waals surface area contributed by atoms with Crippen LogP contribution in [0.25, 0.3) is 0 Å². The highest BCUT2D eigenvalue weighted by atomic mass is 32.2. The number of nitrogens with one attached hydrogen (secondary N) is 1. The monoisotopic (exact) mass is 364 g/mol. The van der Waals surface area contributed by atoms with E-state index in [1.165, 1.54) is 18.2 Å². The Morgan fingerprint density at radius 1 is 1.12 bits per heavy atom. The molecule has 7 heteroatoms. The molecule has 1 amide bonds. The number of amides is 1. The van der Waals surface area contributed by atoms with Gasteiger partial charge in [-0.05, 0) is 24.1 Å². The molecule has 0 aliphatic carbocycles. The lowest BCUT2D eigenvalue weighted by Gasteiger charge is -2.24. The van der Waals surface area contributed by atoms with Crippen molar-refractivity contribution in [2.24, 2.45) is 0 Å². The molecule has 0 unspecified atom stereocenters. The van der Waals surface area contributed by atoms with Crippen LogP contribution in [0.4, 0.5) is 10.1 Å². The first-order chi connectivity index (χ1) is 11.8. The SMILES string of the molecule is CC[C@H](NC(=O)CN(c1ccccc1F)S(C)(=O)=O)c1ccccc1. The van der Waals surface area contributed by atoms with Crippen molar-refractivity contribution in [1.29, 1.82) is 0 Å². The highest BCUT2D eigenvalue weighted by Crippen LogP contribution is 2.21. The number of anilines is 1. The fourth-order valence-corrected chi connectivity index (χ4v) is 3.37. The topological polar surface area (TPSA) is 66.5 Å². The molecule has 0 saturated carbocycles. The molecule has 0 heterocycles. The van der Waals surface area contributed by atoms with Crippen LogP contribution in [0, 0.1) is 5.82 Å². The Labute approximate surface area is 147 Å². The van der Waals surface area contributed by atoms with Crippen LogP contribution in [0.5, 0.6) is 0 Å². The van der Waals surface area contributed by atoms with E-state index in [1.807, 2.05) is 37.3 Å². The predicted octanol–water partition coefficient (Wildman–Crippen LogP) is 2.86. The first kappa shape index (κ1) is 18.9. The van der Waals surface area contributed by atoms with Crippen molar-refractivity contribution in [1.82, 2.24) is 5.32 Å². The van der Waals surface area contributed by atoms with Gasteiger partial charge in [0.05, 0.1) is 18.0 Å². The Morgan fingerprint density at radius 3 is 2.28 bits per heavy atom. The Hall–Kier alpha value is -2.41. The second-order valence-corrected chi connectivity index (χ2v) is 7.57. The van der Waals surface area contributed by atoms with E-state index >= 15 is 0 Å². The quantitative estimate of drug-likeness (QED) is 0.821. The van der Waals surface area contributed by atoms with Crippen molar-refractivity contribution in [3.8, 4) is 0 Å². The number of para-hydroxylation sites is 1. The Bertz CT molecular complexity index is 825. The van der Waals surface area contributed by atoms with E-state index in [0.29, 0.717) is 6.42 Å². The van der Waals surface area contributed by atoms with Crippen molar-refractivity contribution in [3.63, 3.8) is 0 Å². The standard InChI is InChI=1S/C18H21FN2O3S/c1-3-16(14-9-5-4-6-10-14)20-18(22)13-21(25(2,23)24)17-12-8-7-11-15(17)19/h4-12,16H,3,13H2,1-2H3,(H,20,22)/t16-/m0/s1. The van der Waals surface area contributed by atoms with Crippen LogP contribution in [-0.2, 0) is 14.8 Å². The maximum atomic E-state index is 14.0. The molecule has 0 aromatic heterocycles. The lowest BCUT2D eigenvalue weighted by atomic mass is 10.0. The molecule has 1 atom stereocenters. The summed E-state index contributed by atoms with van der Waals surface area (Å²) in [6.45, 7) is 1.44. The maximum Gasteiger partial charge on any atom is 0.241 e. The molecule has 0 aliphatic heterocycles. The van der Waals surface area contributed by atoms with E-state index < -0.39 is 28.3 Å². The van der Waals surface area contributed by atoms with Gasteiger partial charge in [-0.1, -0.05) is 49.4 Å². The van der Waals surface area contributed by atoms with Crippen LogP contribution in [0.2, 0.25) is 0 Å². The molecule has 0 bridgehead atoms. The summed E-state index contributed by atoms with van der Waals surface area (Å²) < 4.78 is 38.8. The molecule has 0 saturated heterocycles. The third kappa shape index (κ3) is 5.03. The molecule has 0 aliphatic rings. The molecular weight excluding hydrogens is 343 g/mol. The van der Waals surface area contributed by atoms with Crippen molar-refractivity contribution >= 4 is 21.6 Å². The maximum absolute atomic E-state index is 14.0. The zero-order chi connectivity index (χ0) is 18.4. The molecule has 1 N–H and O–H groups in total. The fourth-order valence-electron chi connectivity index (χ4n) is 2.51. The smallest absolute Gasteiger partial charge is 0.241 e. The van der Waals surface area contributed by atoms with E-state index in [0.717, 1.165) is 22.2 Å². The van der Waals surface area contributed by atoms with Crippen LogP contribution < -0.4 is 9.62 Å². The second kappa shape index (κ2) is 8.11. The van der Waals surface area contributed by atoms with Gasteiger partial charge in [-0.15, -0.1) is 0 Å². The number of hydrogen-bond acceptors (Lipinski definition) is 3. The Kier molecular flexibility index (Phi) is 6.14. The molecule has 2 aromatic rings. The van der Waals surface area contributed by atoms with Gasteiger partial charge in [0.15, 0.2) is 0 Å². The number of sulfonamides is 1. The number of rotatable bonds is 7. The predicted molar refractivity (Wildman–Crippen MR) is 96.2 cm³/mol. The Balaban J connectivity index is 2.19. The van der Waals surface area contributed by atoms with Gasteiger partial charge in [0.1, 0.15) is 12.4 Å². The van der Waals surface area contributed by atoms with E-state index in [2.05, 4.69) is 5.32 Å². The number of carbonyl (C=O) groups excluding carboxylic acids is 1.